The molecule has 33 heavy (non-hydrogen) atoms. The Bertz CT molecular complexity index is 1140. The molecule has 174 valence electrons. The van der Waals surface area contributed by atoms with Gasteiger partial charge in [0.25, 0.3) is 0 Å². The summed E-state index contributed by atoms with van der Waals surface area (Å²) in [4.78, 5) is 0. The molecular formula is C24H28FN5O3. The molecule has 0 saturated carbocycles. The molecule has 2 aromatic heterocycles. The van der Waals surface area contributed by atoms with E-state index in [2.05, 4.69) is 53.4 Å². The van der Waals surface area contributed by atoms with Gasteiger partial charge in [-0.05, 0) is 45.9 Å². The molecule has 2 N–H and O–H groups in total. The number of hydrogen-bond acceptors (Lipinski definition) is 8. The maximum atomic E-state index is 14.9. The average Bonchev–Trinajstić information content (AvgIpc) is 2.73. The minimum Gasteiger partial charge on any atom is -0.507 e. The van der Waals surface area contributed by atoms with Crippen molar-refractivity contribution >= 4 is 0 Å². The summed E-state index contributed by atoms with van der Waals surface area (Å²) in [7, 11) is 1.45. The second-order valence-electron chi connectivity index (χ2n) is 9.63. The monoisotopic (exact) mass is 453 g/mol. The first-order valence-corrected chi connectivity index (χ1v) is 10.7. The third kappa shape index (κ3) is 5.19. The third-order valence-corrected chi connectivity index (χ3v) is 5.59. The van der Waals surface area contributed by atoms with Crippen LogP contribution in [0, 0.1) is 5.82 Å². The van der Waals surface area contributed by atoms with Crippen molar-refractivity contribution in [2.45, 2.75) is 57.7 Å². The number of piperidine rings is 1. The largest absolute Gasteiger partial charge is 0.507 e. The Hall–Kier alpha value is -3.33. The summed E-state index contributed by atoms with van der Waals surface area (Å²) in [6, 6.07) is 7.43. The smallest absolute Gasteiger partial charge is 0.233 e. The van der Waals surface area contributed by atoms with Crippen molar-refractivity contribution in [3.63, 3.8) is 0 Å². The summed E-state index contributed by atoms with van der Waals surface area (Å²) < 4.78 is 26.0. The number of nitrogens with one attached hydrogen (secondary N) is 1. The zero-order chi connectivity index (χ0) is 23.8. The highest BCUT2D eigenvalue weighted by Gasteiger charge is 2.38. The number of rotatable bonds is 5. The molecule has 3 aromatic rings. The third-order valence-electron chi connectivity index (χ3n) is 5.59. The highest BCUT2D eigenvalue weighted by molar-refractivity contribution is 5.74. The van der Waals surface area contributed by atoms with Crippen molar-refractivity contribution < 1.29 is 19.0 Å². The average molecular weight is 454 g/mol. The highest BCUT2D eigenvalue weighted by atomic mass is 19.1. The van der Waals surface area contributed by atoms with E-state index in [1.54, 1.807) is 18.2 Å². The molecule has 8 nitrogen and oxygen atoms in total. The lowest BCUT2D eigenvalue weighted by molar-refractivity contribution is 0.0524. The fourth-order valence-corrected chi connectivity index (χ4v) is 4.59. The number of phenolic OH excluding ortho intramolecular Hbond substituents is 1. The zero-order valence-electron chi connectivity index (χ0n) is 19.4. The van der Waals surface area contributed by atoms with Crippen LogP contribution in [0.4, 0.5) is 4.39 Å². The Morgan fingerprint density at radius 3 is 2.33 bits per heavy atom. The second-order valence-corrected chi connectivity index (χ2v) is 9.63. The standard InChI is InChI=1S/C24H28FN5O3/c1-23(2)11-15(12-24(3,4)30-23)33-21-7-6-19(27-29-21)17-9-18(25)16(10-20(17)31)14-8-22(32-5)28-26-13-14/h6-10,13,15,30-31H,11-12H2,1-5H3. The van der Waals surface area contributed by atoms with Gasteiger partial charge in [-0.25, -0.2) is 4.39 Å². The Kier molecular flexibility index (Phi) is 5.92. The minimum absolute atomic E-state index is 0.00695. The van der Waals surface area contributed by atoms with E-state index in [0.29, 0.717) is 17.1 Å². The van der Waals surface area contributed by atoms with Crippen LogP contribution in [0.3, 0.4) is 0 Å². The number of phenols is 1. The highest BCUT2D eigenvalue weighted by Crippen LogP contribution is 2.36. The van der Waals surface area contributed by atoms with E-state index in [-0.39, 0.29) is 39.9 Å². The Balaban J connectivity index is 1.55. The van der Waals surface area contributed by atoms with Crippen molar-refractivity contribution in [2.24, 2.45) is 0 Å². The van der Waals surface area contributed by atoms with Crippen molar-refractivity contribution in [2.75, 3.05) is 7.11 Å². The second kappa shape index (κ2) is 8.55. The fourth-order valence-electron chi connectivity index (χ4n) is 4.59. The molecule has 0 spiro atoms. The van der Waals surface area contributed by atoms with Crippen molar-refractivity contribution in [3.8, 4) is 39.9 Å². The van der Waals surface area contributed by atoms with Gasteiger partial charge in [0.05, 0.1) is 19.0 Å². The van der Waals surface area contributed by atoms with Crippen LogP contribution < -0.4 is 14.8 Å². The SMILES string of the molecule is COc1cc(-c2cc(O)c(-c3ccc(OC4CC(C)(C)NC(C)(C)C4)nn3)cc2F)cnn1. The van der Waals surface area contributed by atoms with Crippen LogP contribution in [0.15, 0.2) is 36.5 Å². The van der Waals surface area contributed by atoms with Crippen molar-refractivity contribution in [1.82, 2.24) is 25.7 Å². The van der Waals surface area contributed by atoms with E-state index in [9.17, 15) is 9.50 Å². The number of methoxy groups -OCH3 is 1. The molecule has 0 bridgehead atoms. The lowest BCUT2D eigenvalue weighted by atomic mass is 9.81. The lowest BCUT2D eigenvalue weighted by Gasteiger charge is -2.46. The van der Waals surface area contributed by atoms with E-state index in [0.717, 1.165) is 12.8 Å². The van der Waals surface area contributed by atoms with Gasteiger partial charge in [0.15, 0.2) is 0 Å². The van der Waals surface area contributed by atoms with Crippen molar-refractivity contribution in [3.05, 3.63) is 42.3 Å². The zero-order valence-corrected chi connectivity index (χ0v) is 19.4. The van der Waals surface area contributed by atoms with Gasteiger partial charge in [0, 0.05) is 52.7 Å². The molecule has 0 aliphatic carbocycles. The summed E-state index contributed by atoms with van der Waals surface area (Å²) in [5.74, 6) is -0.0348. The van der Waals surface area contributed by atoms with Crippen LogP contribution >= 0.6 is 0 Å². The molecular weight excluding hydrogens is 425 g/mol. The van der Waals surface area contributed by atoms with E-state index in [4.69, 9.17) is 9.47 Å². The number of nitrogens with zero attached hydrogens (tertiary/aromatic N) is 4. The summed E-state index contributed by atoms with van der Waals surface area (Å²) >= 11 is 0. The molecule has 9 heteroatoms. The molecule has 1 aliphatic rings. The molecule has 1 aromatic carbocycles. The number of aromatic hydroxyl groups is 1. The summed E-state index contributed by atoms with van der Waals surface area (Å²) in [6.45, 7) is 8.60. The van der Waals surface area contributed by atoms with E-state index < -0.39 is 5.82 Å². The normalized spacial score (nSPS) is 17.5. The number of hydrogen-bond donors (Lipinski definition) is 2. The van der Waals surface area contributed by atoms with Gasteiger partial charge in [-0.15, -0.1) is 15.3 Å². The molecule has 3 heterocycles. The van der Waals surface area contributed by atoms with Gasteiger partial charge in [0.2, 0.25) is 11.8 Å². The first-order valence-electron chi connectivity index (χ1n) is 10.7. The molecule has 0 unspecified atom stereocenters. The molecule has 1 aliphatic heterocycles. The summed E-state index contributed by atoms with van der Waals surface area (Å²) in [6.07, 6.45) is 3.06. The van der Waals surface area contributed by atoms with Crippen LogP contribution in [0.25, 0.3) is 22.4 Å². The number of halogens is 1. The lowest BCUT2D eigenvalue weighted by Crippen LogP contribution is -2.60. The number of aromatic nitrogens is 4. The van der Waals surface area contributed by atoms with E-state index in [1.165, 1.54) is 25.4 Å². The first-order chi connectivity index (χ1) is 15.5. The topological polar surface area (TPSA) is 102 Å². The van der Waals surface area contributed by atoms with E-state index in [1.807, 2.05) is 0 Å². The van der Waals surface area contributed by atoms with E-state index >= 15 is 0 Å². The predicted molar refractivity (Wildman–Crippen MR) is 122 cm³/mol. The van der Waals surface area contributed by atoms with Gasteiger partial charge in [-0.1, -0.05) is 0 Å². The number of ether oxygens (including phenoxy) is 2. The van der Waals surface area contributed by atoms with Gasteiger partial charge in [-0.3, -0.25) is 0 Å². The Morgan fingerprint density at radius 2 is 1.70 bits per heavy atom. The summed E-state index contributed by atoms with van der Waals surface area (Å²) in [5, 5.41) is 30.1. The molecule has 1 saturated heterocycles. The van der Waals surface area contributed by atoms with Crippen LogP contribution in [-0.2, 0) is 0 Å². The molecule has 0 atom stereocenters. The van der Waals surface area contributed by atoms with Crippen molar-refractivity contribution in [1.29, 1.82) is 0 Å². The fraction of sp³-hybridized carbons (Fsp3) is 0.417. The van der Waals surface area contributed by atoms with Crippen LogP contribution in [0.5, 0.6) is 17.5 Å². The Labute approximate surface area is 192 Å². The van der Waals surface area contributed by atoms with Gasteiger partial charge in [-0.2, -0.15) is 5.10 Å². The van der Waals surface area contributed by atoms with Gasteiger partial charge >= 0.3 is 0 Å². The quantitative estimate of drug-likeness (QED) is 0.594. The number of benzene rings is 1. The van der Waals surface area contributed by atoms with Crippen LogP contribution in [0.1, 0.15) is 40.5 Å². The minimum atomic E-state index is -0.542. The summed E-state index contributed by atoms with van der Waals surface area (Å²) in [5.41, 5.74) is 1.06. The molecule has 0 amide bonds. The predicted octanol–water partition coefficient (Wildman–Crippen LogP) is 4.14. The Morgan fingerprint density at radius 1 is 0.970 bits per heavy atom. The maximum Gasteiger partial charge on any atom is 0.233 e. The molecule has 1 fully saturated rings. The first kappa shape index (κ1) is 22.8. The maximum absolute atomic E-state index is 14.9. The van der Waals surface area contributed by atoms with Crippen LogP contribution in [-0.4, -0.2) is 49.8 Å². The van der Waals surface area contributed by atoms with Gasteiger partial charge in [0.1, 0.15) is 17.7 Å². The van der Waals surface area contributed by atoms with Crippen LogP contribution in [0.2, 0.25) is 0 Å². The molecule has 4 rings (SSSR count). The van der Waals surface area contributed by atoms with Gasteiger partial charge < -0.3 is 19.9 Å². The molecule has 0 radical (unpaired) electrons.